The third-order valence-electron chi connectivity index (χ3n) is 4.18. The number of aliphatic imine (C=N–C) groups is 1. The fourth-order valence-electron chi connectivity index (χ4n) is 2.68. The second-order valence-electron chi connectivity index (χ2n) is 6.66. The van der Waals surface area contributed by atoms with Gasteiger partial charge in [0, 0.05) is 32.6 Å². The van der Waals surface area contributed by atoms with Crippen LogP contribution in [-0.2, 0) is 4.74 Å². The van der Waals surface area contributed by atoms with Crippen molar-refractivity contribution in [3.63, 3.8) is 0 Å². The molecule has 3 N–H and O–H groups in total. The molecule has 1 aromatic carbocycles. The third-order valence-corrected chi connectivity index (χ3v) is 4.18. The van der Waals surface area contributed by atoms with E-state index in [-0.39, 0.29) is 6.10 Å². The summed E-state index contributed by atoms with van der Waals surface area (Å²) in [5.74, 6) is 1.56. The second kappa shape index (κ2) is 9.63. The molecule has 0 aliphatic carbocycles. The van der Waals surface area contributed by atoms with Crippen molar-refractivity contribution in [2.45, 2.75) is 45.3 Å². The first kappa shape index (κ1) is 19.5. The van der Waals surface area contributed by atoms with E-state index in [0.717, 1.165) is 12.3 Å². The fourth-order valence-corrected chi connectivity index (χ4v) is 2.68. The first-order valence-corrected chi connectivity index (χ1v) is 9.06. The summed E-state index contributed by atoms with van der Waals surface area (Å²) in [4.78, 5) is 4.54. The van der Waals surface area contributed by atoms with Crippen LogP contribution in [0.3, 0.4) is 0 Å². The Kier molecular flexibility index (Phi) is 7.52. The van der Waals surface area contributed by atoms with Gasteiger partial charge in [0.05, 0.1) is 18.7 Å². The maximum atomic E-state index is 10.5. The lowest BCUT2D eigenvalue weighted by atomic mass is 9.95. The summed E-state index contributed by atoms with van der Waals surface area (Å²) in [6, 6.07) is 8.03. The second-order valence-corrected chi connectivity index (χ2v) is 6.66. The highest BCUT2D eigenvalue weighted by Crippen LogP contribution is 2.20. The topological polar surface area (TPSA) is 75.1 Å². The highest BCUT2D eigenvalue weighted by Gasteiger charge is 2.29. The van der Waals surface area contributed by atoms with Crippen molar-refractivity contribution in [1.82, 2.24) is 10.6 Å². The van der Waals surface area contributed by atoms with E-state index >= 15 is 0 Å². The monoisotopic (exact) mass is 349 g/mol. The molecule has 1 atom stereocenters. The molecule has 0 aromatic heterocycles. The van der Waals surface area contributed by atoms with E-state index in [9.17, 15) is 5.11 Å². The maximum absolute atomic E-state index is 10.5. The number of nitrogens with zero attached hydrogens (tertiary/aromatic N) is 1. The molecule has 0 saturated carbocycles. The zero-order chi connectivity index (χ0) is 18.1. The summed E-state index contributed by atoms with van der Waals surface area (Å²) in [5.41, 5.74) is 0.418. The number of rotatable bonds is 7. The van der Waals surface area contributed by atoms with Gasteiger partial charge in [0.15, 0.2) is 5.96 Å². The van der Waals surface area contributed by atoms with Crippen LogP contribution >= 0.6 is 0 Å². The Morgan fingerprint density at radius 2 is 2.12 bits per heavy atom. The van der Waals surface area contributed by atoms with E-state index < -0.39 is 5.60 Å². The van der Waals surface area contributed by atoms with Crippen molar-refractivity contribution < 1.29 is 14.6 Å². The van der Waals surface area contributed by atoms with Crippen LogP contribution in [-0.4, -0.2) is 55.6 Å². The number of ether oxygens (including phenoxy) is 2. The van der Waals surface area contributed by atoms with Crippen molar-refractivity contribution in [3.8, 4) is 5.75 Å². The van der Waals surface area contributed by atoms with Gasteiger partial charge >= 0.3 is 0 Å². The smallest absolute Gasteiger partial charge is 0.191 e. The van der Waals surface area contributed by atoms with Gasteiger partial charge in [-0.15, -0.1) is 0 Å². The van der Waals surface area contributed by atoms with Gasteiger partial charge in [0.2, 0.25) is 0 Å². The van der Waals surface area contributed by atoms with Gasteiger partial charge in [-0.25, -0.2) is 0 Å². The predicted octanol–water partition coefficient (Wildman–Crippen LogP) is 1.86. The molecule has 1 fully saturated rings. The minimum atomic E-state index is -0.760. The lowest BCUT2D eigenvalue weighted by Gasteiger charge is -2.30. The van der Waals surface area contributed by atoms with Gasteiger partial charge < -0.3 is 25.2 Å². The van der Waals surface area contributed by atoms with Crippen LogP contribution in [0.1, 0.15) is 32.3 Å². The lowest BCUT2D eigenvalue weighted by molar-refractivity contribution is -0.0565. The van der Waals surface area contributed by atoms with Crippen LogP contribution in [0.15, 0.2) is 29.3 Å². The summed E-state index contributed by atoms with van der Waals surface area (Å²) in [6.07, 6.45) is 1.25. The molecule has 0 spiro atoms. The molecule has 1 aliphatic heterocycles. The summed E-state index contributed by atoms with van der Waals surface area (Å²) in [6.45, 7) is 9.04. The van der Waals surface area contributed by atoms with Gasteiger partial charge in [-0.1, -0.05) is 12.1 Å². The van der Waals surface area contributed by atoms with Gasteiger partial charge in [-0.2, -0.15) is 0 Å². The van der Waals surface area contributed by atoms with Crippen LogP contribution < -0.4 is 15.4 Å². The molecule has 1 saturated heterocycles. The maximum Gasteiger partial charge on any atom is 0.191 e. The number of hydrogen-bond acceptors (Lipinski definition) is 4. The average Bonchev–Trinajstić information content (AvgIpc) is 2.58. The molecule has 140 valence electrons. The highest BCUT2D eigenvalue weighted by molar-refractivity contribution is 5.79. The van der Waals surface area contributed by atoms with Gasteiger partial charge in [-0.05, 0) is 38.5 Å². The van der Waals surface area contributed by atoms with Crippen molar-refractivity contribution in [1.29, 1.82) is 0 Å². The van der Waals surface area contributed by atoms with E-state index in [1.807, 2.05) is 45.0 Å². The molecule has 0 amide bonds. The van der Waals surface area contributed by atoms with Gasteiger partial charge in [0.25, 0.3) is 0 Å². The molecule has 6 heteroatoms. The third kappa shape index (κ3) is 6.92. The number of aryl methyl sites for hydroxylation is 1. The standard InChI is InChI=1S/C19H31N3O3/c1-4-20-18(22-14-19(23)8-10-24-11-9-19)21-13-16(3)25-17-7-5-6-15(2)12-17/h5-7,12,16,23H,4,8-11,13-14H2,1-3H3,(H2,20,21,22). The van der Waals surface area contributed by atoms with E-state index in [0.29, 0.717) is 45.1 Å². The SMILES string of the molecule is CCNC(=NCC1(O)CCOCC1)NCC(C)Oc1cccc(C)c1. The summed E-state index contributed by atoms with van der Waals surface area (Å²) in [7, 11) is 0. The molecule has 1 unspecified atom stereocenters. The van der Waals surface area contributed by atoms with Crippen LogP contribution in [0.5, 0.6) is 5.75 Å². The largest absolute Gasteiger partial charge is 0.489 e. The van der Waals surface area contributed by atoms with Crippen molar-refractivity contribution in [3.05, 3.63) is 29.8 Å². The first-order valence-electron chi connectivity index (χ1n) is 9.06. The Morgan fingerprint density at radius 3 is 2.80 bits per heavy atom. The zero-order valence-corrected chi connectivity index (χ0v) is 15.5. The molecule has 1 heterocycles. The summed E-state index contributed by atoms with van der Waals surface area (Å²) in [5, 5.41) is 17.0. The number of aliphatic hydroxyl groups is 1. The Hall–Kier alpha value is -1.79. The minimum absolute atomic E-state index is 0.00294. The number of guanidine groups is 1. The van der Waals surface area contributed by atoms with Crippen LogP contribution in [0.25, 0.3) is 0 Å². The quantitative estimate of drug-likeness (QED) is 0.517. The highest BCUT2D eigenvalue weighted by atomic mass is 16.5. The Morgan fingerprint density at radius 1 is 1.36 bits per heavy atom. The Bertz CT molecular complexity index is 557. The molecule has 2 rings (SSSR count). The van der Waals surface area contributed by atoms with Gasteiger partial charge in [0.1, 0.15) is 11.9 Å². The Labute approximate surface area is 150 Å². The number of benzene rings is 1. The normalized spacial score (nSPS) is 18.5. The first-order chi connectivity index (χ1) is 12.0. The van der Waals surface area contributed by atoms with E-state index in [1.54, 1.807) is 0 Å². The molecule has 0 radical (unpaired) electrons. The van der Waals surface area contributed by atoms with Crippen molar-refractivity contribution in [2.75, 3.05) is 32.8 Å². The number of hydrogen-bond donors (Lipinski definition) is 3. The van der Waals surface area contributed by atoms with Crippen LogP contribution in [0, 0.1) is 6.92 Å². The van der Waals surface area contributed by atoms with E-state index in [2.05, 4.69) is 15.6 Å². The molecule has 1 aliphatic rings. The fraction of sp³-hybridized carbons (Fsp3) is 0.632. The number of nitrogens with one attached hydrogen (secondary N) is 2. The minimum Gasteiger partial charge on any atom is -0.489 e. The Balaban J connectivity index is 1.84. The lowest BCUT2D eigenvalue weighted by Crippen LogP contribution is -2.44. The van der Waals surface area contributed by atoms with Crippen molar-refractivity contribution >= 4 is 5.96 Å². The molecular weight excluding hydrogens is 318 g/mol. The molecule has 25 heavy (non-hydrogen) atoms. The molecule has 1 aromatic rings. The van der Waals surface area contributed by atoms with Crippen molar-refractivity contribution in [2.24, 2.45) is 4.99 Å². The summed E-state index contributed by atoms with van der Waals surface area (Å²) >= 11 is 0. The van der Waals surface area contributed by atoms with E-state index in [1.165, 1.54) is 5.56 Å². The zero-order valence-electron chi connectivity index (χ0n) is 15.5. The van der Waals surface area contributed by atoms with Crippen LogP contribution in [0.4, 0.5) is 0 Å². The average molecular weight is 349 g/mol. The van der Waals surface area contributed by atoms with E-state index in [4.69, 9.17) is 9.47 Å². The summed E-state index contributed by atoms with van der Waals surface area (Å²) < 4.78 is 11.2. The predicted molar refractivity (Wildman–Crippen MR) is 100 cm³/mol. The van der Waals surface area contributed by atoms with Crippen LogP contribution in [0.2, 0.25) is 0 Å². The molecule has 0 bridgehead atoms. The molecular formula is C19H31N3O3. The molecule has 6 nitrogen and oxygen atoms in total. The van der Waals surface area contributed by atoms with Gasteiger partial charge in [-0.3, -0.25) is 4.99 Å².